The maximum atomic E-state index is 11.3. The summed E-state index contributed by atoms with van der Waals surface area (Å²) in [5, 5.41) is 3.94. The quantitative estimate of drug-likeness (QED) is 0.880. The molecule has 18 heavy (non-hydrogen) atoms. The minimum Gasteiger partial charge on any atom is -0.461 e. The molecule has 4 heteroatoms. The molecular weight excluding hydrogens is 230 g/mol. The van der Waals surface area contributed by atoms with Crippen LogP contribution in [0.15, 0.2) is 34.7 Å². The van der Waals surface area contributed by atoms with Crippen LogP contribution >= 0.6 is 0 Å². The Bertz CT molecular complexity index is 500. The van der Waals surface area contributed by atoms with E-state index >= 15 is 0 Å². The molecule has 4 nitrogen and oxygen atoms in total. The van der Waals surface area contributed by atoms with Crippen molar-refractivity contribution in [2.75, 3.05) is 13.7 Å². The number of para-hydroxylation sites is 1. The first kappa shape index (κ1) is 12.6. The van der Waals surface area contributed by atoms with E-state index in [1.807, 2.05) is 37.3 Å². The summed E-state index contributed by atoms with van der Waals surface area (Å²) in [5.74, 6) is 0.766. The van der Waals surface area contributed by atoms with Crippen LogP contribution in [0.25, 0.3) is 11.0 Å². The summed E-state index contributed by atoms with van der Waals surface area (Å²) in [6, 6.07) is 9.90. The van der Waals surface area contributed by atoms with Crippen LogP contribution in [0.3, 0.4) is 0 Å². The highest BCUT2D eigenvalue weighted by molar-refractivity contribution is 5.78. The zero-order valence-electron chi connectivity index (χ0n) is 10.6. The zero-order valence-corrected chi connectivity index (χ0v) is 10.6. The molecule has 1 heterocycles. The number of ether oxygens (including phenoxy) is 1. The van der Waals surface area contributed by atoms with Gasteiger partial charge in [0, 0.05) is 25.0 Å². The fraction of sp³-hybridized carbons (Fsp3) is 0.357. The minimum atomic E-state index is -0.110. The van der Waals surface area contributed by atoms with Gasteiger partial charge < -0.3 is 14.5 Å². The van der Waals surface area contributed by atoms with Crippen LogP contribution in [0.2, 0.25) is 0 Å². The summed E-state index contributed by atoms with van der Waals surface area (Å²) < 4.78 is 10.5. The third-order valence-electron chi connectivity index (χ3n) is 2.67. The number of hydrogen-bond acceptors (Lipinski definition) is 3. The van der Waals surface area contributed by atoms with Crippen LogP contribution in [0, 0.1) is 0 Å². The van der Waals surface area contributed by atoms with Crippen LogP contribution < -0.4 is 5.32 Å². The maximum Gasteiger partial charge on any atom is 0.246 e. The number of methoxy groups -OCH3 is 1. The first-order valence-corrected chi connectivity index (χ1v) is 5.95. The lowest BCUT2D eigenvalue weighted by molar-refractivity contribution is -0.125. The van der Waals surface area contributed by atoms with E-state index in [0.717, 1.165) is 16.7 Å². The van der Waals surface area contributed by atoms with Gasteiger partial charge in [-0.15, -0.1) is 0 Å². The van der Waals surface area contributed by atoms with E-state index in [9.17, 15) is 4.79 Å². The predicted molar refractivity (Wildman–Crippen MR) is 69.4 cm³/mol. The summed E-state index contributed by atoms with van der Waals surface area (Å²) in [4.78, 5) is 11.3. The highest BCUT2D eigenvalue weighted by Crippen LogP contribution is 2.19. The maximum absolute atomic E-state index is 11.3. The van der Waals surface area contributed by atoms with Gasteiger partial charge in [0.25, 0.3) is 0 Å². The zero-order chi connectivity index (χ0) is 13.0. The third kappa shape index (κ3) is 3.11. The SMILES string of the molecule is COCC(=O)N[C@@H](C)Cc1cc2ccccc2o1. The van der Waals surface area contributed by atoms with Gasteiger partial charge in [-0.25, -0.2) is 0 Å². The van der Waals surface area contributed by atoms with Crippen molar-refractivity contribution in [3.63, 3.8) is 0 Å². The number of carbonyl (C=O) groups excluding carboxylic acids is 1. The second kappa shape index (κ2) is 5.69. The largest absolute Gasteiger partial charge is 0.461 e. The number of furan rings is 1. The number of carbonyl (C=O) groups is 1. The standard InChI is InChI=1S/C14H17NO3/c1-10(15-14(16)9-17-2)7-12-8-11-5-3-4-6-13(11)18-12/h3-6,8,10H,7,9H2,1-2H3,(H,15,16)/t10-/m0/s1. The van der Waals surface area contributed by atoms with E-state index in [4.69, 9.17) is 9.15 Å². The van der Waals surface area contributed by atoms with E-state index in [1.165, 1.54) is 7.11 Å². The van der Waals surface area contributed by atoms with Crippen LogP contribution in [-0.4, -0.2) is 25.7 Å². The van der Waals surface area contributed by atoms with Crippen molar-refractivity contribution in [1.82, 2.24) is 5.32 Å². The molecular formula is C14H17NO3. The molecule has 0 saturated carbocycles. The van der Waals surface area contributed by atoms with Gasteiger partial charge in [-0.05, 0) is 19.1 Å². The molecule has 96 valence electrons. The second-order valence-electron chi connectivity index (χ2n) is 4.36. The molecule has 1 aromatic heterocycles. The molecule has 0 bridgehead atoms. The Kier molecular flexibility index (Phi) is 3.99. The van der Waals surface area contributed by atoms with Crippen molar-refractivity contribution >= 4 is 16.9 Å². The van der Waals surface area contributed by atoms with Gasteiger partial charge in [-0.3, -0.25) is 4.79 Å². The Balaban J connectivity index is 1.98. The molecule has 0 fully saturated rings. The van der Waals surface area contributed by atoms with Gasteiger partial charge in [0.05, 0.1) is 0 Å². The van der Waals surface area contributed by atoms with Crippen molar-refractivity contribution in [2.45, 2.75) is 19.4 Å². The number of fused-ring (bicyclic) bond motifs is 1. The summed E-state index contributed by atoms with van der Waals surface area (Å²) in [7, 11) is 1.50. The molecule has 2 rings (SSSR count). The van der Waals surface area contributed by atoms with E-state index in [2.05, 4.69) is 5.32 Å². The second-order valence-corrected chi connectivity index (χ2v) is 4.36. The molecule has 2 aromatic rings. The molecule has 0 aliphatic heterocycles. The smallest absolute Gasteiger partial charge is 0.246 e. The normalized spacial score (nSPS) is 12.6. The lowest BCUT2D eigenvalue weighted by Gasteiger charge is -2.11. The summed E-state index contributed by atoms with van der Waals surface area (Å²) in [6.07, 6.45) is 0.671. The lowest BCUT2D eigenvalue weighted by Crippen LogP contribution is -2.36. The average molecular weight is 247 g/mol. The number of hydrogen-bond donors (Lipinski definition) is 1. The first-order valence-electron chi connectivity index (χ1n) is 5.95. The van der Waals surface area contributed by atoms with Gasteiger partial charge in [0.1, 0.15) is 18.0 Å². The number of amides is 1. The fourth-order valence-electron chi connectivity index (χ4n) is 1.94. The van der Waals surface area contributed by atoms with E-state index in [-0.39, 0.29) is 18.6 Å². The molecule has 0 radical (unpaired) electrons. The van der Waals surface area contributed by atoms with Gasteiger partial charge in [0.2, 0.25) is 5.91 Å². The molecule has 0 unspecified atom stereocenters. The van der Waals surface area contributed by atoms with Gasteiger partial charge in [-0.2, -0.15) is 0 Å². The summed E-state index contributed by atoms with van der Waals surface area (Å²) in [6.45, 7) is 2.03. The molecule has 1 N–H and O–H groups in total. The Morgan fingerprint density at radius 2 is 2.22 bits per heavy atom. The minimum absolute atomic E-state index is 0.0215. The molecule has 1 aromatic carbocycles. The summed E-state index contributed by atoms with van der Waals surface area (Å²) in [5.41, 5.74) is 0.878. The average Bonchev–Trinajstić information content (AvgIpc) is 2.70. The third-order valence-corrected chi connectivity index (χ3v) is 2.67. The van der Waals surface area contributed by atoms with E-state index < -0.39 is 0 Å². The monoisotopic (exact) mass is 247 g/mol. The van der Waals surface area contributed by atoms with Crippen molar-refractivity contribution in [1.29, 1.82) is 0 Å². The number of nitrogens with one attached hydrogen (secondary N) is 1. The molecule has 0 aliphatic carbocycles. The van der Waals surface area contributed by atoms with Gasteiger partial charge in [0.15, 0.2) is 0 Å². The highest BCUT2D eigenvalue weighted by Gasteiger charge is 2.10. The van der Waals surface area contributed by atoms with Crippen molar-refractivity contribution < 1.29 is 13.9 Å². The van der Waals surface area contributed by atoms with Crippen LogP contribution in [0.1, 0.15) is 12.7 Å². The highest BCUT2D eigenvalue weighted by atomic mass is 16.5. The Morgan fingerprint density at radius 3 is 2.94 bits per heavy atom. The van der Waals surface area contributed by atoms with Gasteiger partial charge >= 0.3 is 0 Å². The summed E-state index contributed by atoms with van der Waals surface area (Å²) >= 11 is 0. The van der Waals surface area contributed by atoms with Crippen molar-refractivity contribution in [2.24, 2.45) is 0 Å². The van der Waals surface area contributed by atoms with Crippen LogP contribution in [-0.2, 0) is 16.0 Å². The first-order chi connectivity index (χ1) is 8.69. The van der Waals surface area contributed by atoms with Crippen LogP contribution in [0.4, 0.5) is 0 Å². The fourth-order valence-corrected chi connectivity index (χ4v) is 1.94. The Morgan fingerprint density at radius 1 is 1.44 bits per heavy atom. The Hall–Kier alpha value is -1.81. The molecule has 1 atom stereocenters. The van der Waals surface area contributed by atoms with E-state index in [0.29, 0.717) is 6.42 Å². The van der Waals surface area contributed by atoms with E-state index in [1.54, 1.807) is 0 Å². The topological polar surface area (TPSA) is 51.5 Å². The Labute approximate surface area is 106 Å². The van der Waals surface area contributed by atoms with Crippen molar-refractivity contribution in [3.8, 4) is 0 Å². The predicted octanol–water partition coefficient (Wildman–Crippen LogP) is 2.13. The molecule has 1 amide bonds. The van der Waals surface area contributed by atoms with Crippen LogP contribution in [0.5, 0.6) is 0 Å². The van der Waals surface area contributed by atoms with Crippen molar-refractivity contribution in [3.05, 3.63) is 36.1 Å². The number of benzene rings is 1. The lowest BCUT2D eigenvalue weighted by atomic mass is 10.2. The van der Waals surface area contributed by atoms with Gasteiger partial charge in [-0.1, -0.05) is 18.2 Å². The molecule has 0 aliphatic rings. The molecule has 0 saturated heterocycles. The number of rotatable bonds is 5. The molecule has 0 spiro atoms.